The van der Waals surface area contributed by atoms with Gasteiger partial charge in [0.15, 0.2) is 0 Å². The lowest BCUT2D eigenvalue weighted by atomic mass is 10.2. The molecule has 1 aliphatic rings. The van der Waals surface area contributed by atoms with Gasteiger partial charge >= 0.3 is 5.97 Å². The molecule has 0 spiro atoms. The summed E-state index contributed by atoms with van der Waals surface area (Å²) in [7, 11) is 0. The number of ether oxygens (including phenoxy) is 1. The SMILES string of the molecule is CC(C)(C)OC(=O)CN1CCC1. The third-order valence-corrected chi connectivity index (χ3v) is 1.72. The molecule has 1 heterocycles. The van der Waals surface area contributed by atoms with E-state index in [4.69, 9.17) is 4.74 Å². The van der Waals surface area contributed by atoms with Crippen molar-refractivity contribution < 1.29 is 9.53 Å². The van der Waals surface area contributed by atoms with E-state index in [1.54, 1.807) is 0 Å². The molecule has 1 fully saturated rings. The van der Waals surface area contributed by atoms with Crippen LogP contribution in [0, 0.1) is 0 Å². The van der Waals surface area contributed by atoms with Crippen LogP contribution >= 0.6 is 0 Å². The van der Waals surface area contributed by atoms with Crippen LogP contribution in [0.5, 0.6) is 0 Å². The van der Waals surface area contributed by atoms with Crippen LogP contribution < -0.4 is 0 Å². The summed E-state index contributed by atoms with van der Waals surface area (Å²) in [5, 5.41) is 0. The minimum atomic E-state index is -0.345. The number of hydrogen-bond donors (Lipinski definition) is 0. The Bertz CT molecular complexity index is 168. The first-order valence-corrected chi connectivity index (χ1v) is 4.41. The summed E-state index contributed by atoms with van der Waals surface area (Å²) in [6.07, 6.45) is 1.21. The third kappa shape index (κ3) is 3.22. The fourth-order valence-electron chi connectivity index (χ4n) is 1.10. The number of hydrogen-bond acceptors (Lipinski definition) is 3. The molecule has 0 unspecified atom stereocenters. The van der Waals surface area contributed by atoms with Gasteiger partial charge < -0.3 is 4.74 Å². The van der Waals surface area contributed by atoms with Gasteiger partial charge in [0, 0.05) is 0 Å². The number of carbonyl (C=O) groups is 1. The largest absolute Gasteiger partial charge is 0.459 e. The first-order chi connectivity index (χ1) is 5.47. The van der Waals surface area contributed by atoms with Crippen molar-refractivity contribution in [2.45, 2.75) is 32.8 Å². The van der Waals surface area contributed by atoms with Crippen LogP contribution in [-0.4, -0.2) is 36.1 Å². The van der Waals surface area contributed by atoms with Crippen molar-refractivity contribution in [1.29, 1.82) is 0 Å². The number of nitrogens with zero attached hydrogens (tertiary/aromatic N) is 1. The van der Waals surface area contributed by atoms with E-state index >= 15 is 0 Å². The highest BCUT2D eigenvalue weighted by molar-refractivity contribution is 5.72. The molecule has 12 heavy (non-hydrogen) atoms. The molecule has 0 atom stereocenters. The lowest BCUT2D eigenvalue weighted by molar-refractivity contribution is -0.157. The van der Waals surface area contributed by atoms with Crippen molar-refractivity contribution >= 4 is 5.97 Å². The maximum absolute atomic E-state index is 11.2. The Morgan fingerprint density at radius 3 is 2.33 bits per heavy atom. The van der Waals surface area contributed by atoms with Crippen LogP contribution in [0.3, 0.4) is 0 Å². The summed E-state index contributed by atoms with van der Waals surface area (Å²) in [5.74, 6) is -0.109. The second kappa shape index (κ2) is 3.44. The van der Waals surface area contributed by atoms with Crippen molar-refractivity contribution in [2.75, 3.05) is 19.6 Å². The quantitative estimate of drug-likeness (QED) is 0.581. The fourth-order valence-corrected chi connectivity index (χ4v) is 1.10. The van der Waals surface area contributed by atoms with Crippen LogP contribution in [0.4, 0.5) is 0 Å². The van der Waals surface area contributed by atoms with E-state index in [9.17, 15) is 4.79 Å². The summed E-state index contributed by atoms with van der Waals surface area (Å²) in [6, 6.07) is 0. The predicted molar refractivity (Wildman–Crippen MR) is 46.9 cm³/mol. The van der Waals surface area contributed by atoms with Gasteiger partial charge in [-0.3, -0.25) is 9.69 Å². The van der Waals surface area contributed by atoms with Gasteiger partial charge in [-0.05, 0) is 40.3 Å². The van der Waals surface area contributed by atoms with Crippen LogP contribution in [0.2, 0.25) is 0 Å². The molecule has 0 aromatic heterocycles. The molecule has 0 aliphatic carbocycles. The topological polar surface area (TPSA) is 29.5 Å². The van der Waals surface area contributed by atoms with Gasteiger partial charge in [-0.2, -0.15) is 0 Å². The van der Waals surface area contributed by atoms with E-state index in [2.05, 4.69) is 4.90 Å². The van der Waals surface area contributed by atoms with Gasteiger partial charge in [0.25, 0.3) is 0 Å². The maximum atomic E-state index is 11.2. The van der Waals surface area contributed by atoms with E-state index < -0.39 is 0 Å². The van der Waals surface area contributed by atoms with Gasteiger partial charge in [0.05, 0.1) is 6.54 Å². The maximum Gasteiger partial charge on any atom is 0.320 e. The molecule has 1 rings (SSSR count). The minimum absolute atomic E-state index is 0.109. The molecule has 0 amide bonds. The van der Waals surface area contributed by atoms with E-state index in [0.29, 0.717) is 6.54 Å². The van der Waals surface area contributed by atoms with E-state index in [1.165, 1.54) is 6.42 Å². The first-order valence-electron chi connectivity index (χ1n) is 4.41. The summed E-state index contributed by atoms with van der Waals surface area (Å²) in [6.45, 7) is 8.21. The van der Waals surface area contributed by atoms with E-state index in [1.807, 2.05) is 20.8 Å². The Morgan fingerprint density at radius 2 is 2.00 bits per heavy atom. The Balaban J connectivity index is 2.19. The normalized spacial score (nSPS) is 18.6. The first kappa shape index (κ1) is 9.52. The molecular weight excluding hydrogens is 154 g/mol. The predicted octanol–water partition coefficient (Wildman–Crippen LogP) is 1.03. The van der Waals surface area contributed by atoms with Crippen LogP contribution in [0.1, 0.15) is 27.2 Å². The van der Waals surface area contributed by atoms with Crippen molar-refractivity contribution in [3.63, 3.8) is 0 Å². The lowest BCUT2D eigenvalue weighted by Gasteiger charge is -2.30. The highest BCUT2D eigenvalue weighted by Crippen LogP contribution is 2.10. The number of carbonyl (C=O) groups excluding carboxylic acids is 1. The molecule has 0 saturated carbocycles. The molecule has 1 saturated heterocycles. The zero-order chi connectivity index (χ0) is 9.19. The van der Waals surface area contributed by atoms with E-state index in [-0.39, 0.29) is 11.6 Å². The molecular formula is C9H17NO2. The number of esters is 1. The van der Waals surface area contributed by atoms with Crippen molar-refractivity contribution in [3.05, 3.63) is 0 Å². The smallest absolute Gasteiger partial charge is 0.320 e. The van der Waals surface area contributed by atoms with Crippen molar-refractivity contribution in [1.82, 2.24) is 4.90 Å². The highest BCUT2D eigenvalue weighted by atomic mass is 16.6. The minimum Gasteiger partial charge on any atom is -0.459 e. The van der Waals surface area contributed by atoms with Crippen LogP contribution in [0.15, 0.2) is 0 Å². The monoisotopic (exact) mass is 171 g/mol. The summed E-state index contributed by atoms with van der Waals surface area (Å²) in [4.78, 5) is 13.3. The third-order valence-electron chi connectivity index (χ3n) is 1.72. The van der Waals surface area contributed by atoms with Gasteiger partial charge in [-0.15, -0.1) is 0 Å². The fraction of sp³-hybridized carbons (Fsp3) is 0.889. The van der Waals surface area contributed by atoms with E-state index in [0.717, 1.165) is 13.1 Å². The number of rotatable bonds is 2. The summed E-state index contributed by atoms with van der Waals surface area (Å²) >= 11 is 0. The zero-order valence-electron chi connectivity index (χ0n) is 8.09. The molecule has 70 valence electrons. The molecule has 0 bridgehead atoms. The zero-order valence-corrected chi connectivity index (χ0v) is 8.09. The molecule has 3 heteroatoms. The number of likely N-dealkylation sites (tertiary alicyclic amines) is 1. The average molecular weight is 171 g/mol. The lowest BCUT2D eigenvalue weighted by Crippen LogP contribution is -2.42. The van der Waals surface area contributed by atoms with Crippen molar-refractivity contribution in [3.8, 4) is 0 Å². The standard InChI is InChI=1S/C9H17NO2/c1-9(2,3)12-8(11)7-10-5-4-6-10/h4-7H2,1-3H3. The van der Waals surface area contributed by atoms with Gasteiger partial charge in [0.1, 0.15) is 5.60 Å². The van der Waals surface area contributed by atoms with Gasteiger partial charge in [-0.25, -0.2) is 0 Å². The Hall–Kier alpha value is -0.570. The van der Waals surface area contributed by atoms with Gasteiger partial charge in [0.2, 0.25) is 0 Å². The molecule has 0 aromatic rings. The Kier molecular flexibility index (Phi) is 2.73. The average Bonchev–Trinajstić information content (AvgIpc) is 1.74. The Morgan fingerprint density at radius 1 is 1.42 bits per heavy atom. The van der Waals surface area contributed by atoms with Crippen LogP contribution in [-0.2, 0) is 9.53 Å². The van der Waals surface area contributed by atoms with Crippen molar-refractivity contribution in [2.24, 2.45) is 0 Å². The van der Waals surface area contributed by atoms with Gasteiger partial charge in [-0.1, -0.05) is 0 Å². The molecule has 0 N–H and O–H groups in total. The second-order valence-corrected chi connectivity index (χ2v) is 4.22. The second-order valence-electron chi connectivity index (χ2n) is 4.22. The molecule has 0 aromatic carbocycles. The molecule has 1 aliphatic heterocycles. The Labute approximate surface area is 73.7 Å². The van der Waals surface area contributed by atoms with Crippen LogP contribution in [0.25, 0.3) is 0 Å². The molecule has 0 radical (unpaired) electrons. The highest BCUT2D eigenvalue weighted by Gasteiger charge is 2.21. The molecule has 3 nitrogen and oxygen atoms in total. The summed E-state index contributed by atoms with van der Waals surface area (Å²) < 4.78 is 5.16. The summed E-state index contributed by atoms with van der Waals surface area (Å²) in [5.41, 5.74) is -0.345.